The maximum absolute atomic E-state index is 13.8. The van der Waals surface area contributed by atoms with Gasteiger partial charge in [0.25, 0.3) is 0 Å². The lowest BCUT2D eigenvalue weighted by Gasteiger charge is -2.18. The van der Waals surface area contributed by atoms with E-state index in [1.54, 1.807) is 30.3 Å². The number of carboxylic acid groups (broad SMARTS) is 1. The minimum Gasteiger partial charge on any atom is -0.478 e. The Bertz CT molecular complexity index is 719. The van der Waals surface area contributed by atoms with Gasteiger partial charge in [-0.1, -0.05) is 54.6 Å². The highest BCUT2D eigenvalue weighted by Gasteiger charge is 2.24. The van der Waals surface area contributed by atoms with E-state index in [0.29, 0.717) is 11.1 Å². The first kappa shape index (κ1) is 16.5. The zero-order valence-corrected chi connectivity index (χ0v) is 13.6. The second-order valence-electron chi connectivity index (χ2n) is 4.35. The standard InChI is InChI=1S/C16H11BrClFO3/c1-2-10-12(8-11(19)14(18)13(10)17)22-15(16(20)21)9-6-4-3-5-7-9/h2-8,15H,1H2,(H,20,21). The summed E-state index contributed by atoms with van der Waals surface area (Å²) < 4.78 is 19.5. The van der Waals surface area contributed by atoms with Crippen molar-refractivity contribution >= 4 is 39.6 Å². The van der Waals surface area contributed by atoms with E-state index in [4.69, 9.17) is 16.3 Å². The van der Waals surface area contributed by atoms with Gasteiger partial charge >= 0.3 is 5.97 Å². The molecular formula is C16H11BrClFO3. The molecule has 0 aromatic heterocycles. The molecule has 0 aliphatic heterocycles. The van der Waals surface area contributed by atoms with Gasteiger partial charge in [-0.25, -0.2) is 9.18 Å². The molecule has 1 N–H and O–H groups in total. The average molecular weight is 386 g/mol. The summed E-state index contributed by atoms with van der Waals surface area (Å²) in [6, 6.07) is 9.43. The molecule has 2 rings (SSSR count). The van der Waals surface area contributed by atoms with E-state index in [-0.39, 0.29) is 15.2 Å². The Labute approximate surface area is 140 Å². The Morgan fingerprint density at radius 3 is 2.59 bits per heavy atom. The van der Waals surface area contributed by atoms with Crippen LogP contribution in [0.1, 0.15) is 17.2 Å². The van der Waals surface area contributed by atoms with E-state index in [1.807, 2.05) is 0 Å². The topological polar surface area (TPSA) is 46.5 Å². The molecule has 0 aliphatic rings. The quantitative estimate of drug-likeness (QED) is 0.729. The fraction of sp³-hybridized carbons (Fsp3) is 0.0625. The Morgan fingerprint density at radius 2 is 2.05 bits per heavy atom. The summed E-state index contributed by atoms with van der Waals surface area (Å²) in [7, 11) is 0. The molecule has 0 saturated carbocycles. The fourth-order valence-electron chi connectivity index (χ4n) is 1.89. The summed E-state index contributed by atoms with van der Waals surface area (Å²) >= 11 is 8.96. The number of carbonyl (C=O) groups is 1. The van der Waals surface area contributed by atoms with Gasteiger partial charge in [0.2, 0.25) is 6.10 Å². The highest BCUT2D eigenvalue weighted by molar-refractivity contribution is 9.10. The summed E-state index contributed by atoms with van der Waals surface area (Å²) in [5.41, 5.74) is 0.824. The predicted octanol–water partition coefficient (Wildman–Crippen LogP) is 5.09. The Balaban J connectivity index is 2.48. The van der Waals surface area contributed by atoms with Crippen molar-refractivity contribution in [3.8, 4) is 5.75 Å². The highest BCUT2D eigenvalue weighted by Crippen LogP contribution is 2.38. The van der Waals surface area contributed by atoms with E-state index in [2.05, 4.69) is 22.5 Å². The fourth-order valence-corrected chi connectivity index (χ4v) is 2.59. The van der Waals surface area contributed by atoms with Gasteiger partial charge in [0.05, 0.1) is 9.50 Å². The molecule has 0 amide bonds. The van der Waals surface area contributed by atoms with Gasteiger partial charge < -0.3 is 9.84 Å². The van der Waals surface area contributed by atoms with Crippen LogP contribution in [0, 0.1) is 5.82 Å². The largest absolute Gasteiger partial charge is 0.478 e. The first-order valence-corrected chi connectivity index (χ1v) is 7.37. The van der Waals surface area contributed by atoms with Gasteiger partial charge in [0.1, 0.15) is 11.6 Å². The second kappa shape index (κ2) is 6.94. The van der Waals surface area contributed by atoms with Crippen molar-refractivity contribution in [1.29, 1.82) is 0 Å². The van der Waals surface area contributed by atoms with Crippen molar-refractivity contribution in [2.45, 2.75) is 6.10 Å². The van der Waals surface area contributed by atoms with Gasteiger partial charge in [-0.2, -0.15) is 0 Å². The molecule has 0 heterocycles. The number of rotatable bonds is 5. The lowest BCUT2D eigenvalue weighted by atomic mass is 10.1. The van der Waals surface area contributed by atoms with Crippen molar-refractivity contribution < 1.29 is 19.0 Å². The lowest BCUT2D eigenvalue weighted by molar-refractivity contribution is -0.145. The van der Waals surface area contributed by atoms with Gasteiger partial charge in [-0.05, 0) is 15.9 Å². The SMILES string of the molecule is C=Cc1c(OC(C(=O)O)c2ccccc2)cc(F)c(Cl)c1Br. The first-order valence-electron chi connectivity index (χ1n) is 6.20. The molecule has 6 heteroatoms. The number of carboxylic acids is 1. The summed E-state index contributed by atoms with van der Waals surface area (Å²) in [6.45, 7) is 3.61. The van der Waals surface area contributed by atoms with Crippen LogP contribution in [0.5, 0.6) is 5.75 Å². The molecule has 114 valence electrons. The maximum atomic E-state index is 13.8. The molecule has 0 saturated heterocycles. The molecule has 1 atom stereocenters. The summed E-state index contributed by atoms with van der Waals surface area (Å²) in [5.74, 6) is -1.86. The lowest BCUT2D eigenvalue weighted by Crippen LogP contribution is -2.18. The predicted molar refractivity (Wildman–Crippen MR) is 86.6 cm³/mol. The Kier molecular flexibility index (Phi) is 5.21. The molecule has 1 unspecified atom stereocenters. The van der Waals surface area contributed by atoms with E-state index < -0.39 is 17.9 Å². The number of hydrogen-bond donors (Lipinski definition) is 1. The van der Waals surface area contributed by atoms with Crippen LogP contribution >= 0.6 is 27.5 Å². The van der Waals surface area contributed by atoms with Crippen LogP contribution in [0.4, 0.5) is 4.39 Å². The molecule has 0 aliphatic carbocycles. The minimum absolute atomic E-state index is 0.0417. The van der Waals surface area contributed by atoms with Crippen LogP contribution in [0.3, 0.4) is 0 Å². The van der Waals surface area contributed by atoms with Crippen LogP contribution in [-0.2, 0) is 4.79 Å². The molecule has 22 heavy (non-hydrogen) atoms. The molecule has 0 spiro atoms. The van der Waals surface area contributed by atoms with Crippen LogP contribution in [0.2, 0.25) is 5.02 Å². The third-order valence-electron chi connectivity index (χ3n) is 2.94. The van der Waals surface area contributed by atoms with Crippen molar-refractivity contribution in [3.63, 3.8) is 0 Å². The molecule has 0 fully saturated rings. The molecule has 0 bridgehead atoms. The van der Waals surface area contributed by atoms with Crippen molar-refractivity contribution in [3.05, 3.63) is 69.4 Å². The van der Waals surface area contributed by atoms with Gasteiger partial charge in [0.15, 0.2) is 0 Å². The zero-order valence-electron chi connectivity index (χ0n) is 11.2. The summed E-state index contributed by atoms with van der Waals surface area (Å²) in [5, 5.41) is 9.25. The van der Waals surface area contributed by atoms with Crippen LogP contribution < -0.4 is 4.74 Å². The summed E-state index contributed by atoms with van der Waals surface area (Å²) in [4.78, 5) is 11.5. The smallest absolute Gasteiger partial charge is 0.349 e. The third kappa shape index (κ3) is 3.31. The van der Waals surface area contributed by atoms with E-state index in [9.17, 15) is 14.3 Å². The molecule has 2 aromatic carbocycles. The average Bonchev–Trinajstić information content (AvgIpc) is 2.51. The molecule has 0 radical (unpaired) electrons. The Morgan fingerprint density at radius 1 is 1.41 bits per heavy atom. The third-order valence-corrected chi connectivity index (χ3v) is 4.36. The van der Waals surface area contributed by atoms with E-state index >= 15 is 0 Å². The van der Waals surface area contributed by atoms with Gasteiger partial charge in [-0.15, -0.1) is 0 Å². The number of hydrogen-bond acceptors (Lipinski definition) is 2. The van der Waals surface area contributed by atoms with Crippen molar-refractivity contribution in [2.75, 3.05) is 0 Å². The zero-order chi connectivity index (χ0) is 16.3. The van der Waals surface area contributed by atoms with Crippen LogP contribution in [-0.4, -0.2) is 11.1 Å². The van der Waals surface area contributed by atoms with E-state index in [0.717, 1.165) is 6.07 Å². The number of halogens is 3. The van der Waals surface area contributed by atoms with Crippen molar-refractivity contribution in [2.24, 2.45) is 0 Å². The van der Waals surface area contributed by atoms with Crippen LogP contribution in [0.15, 0.2) is 47.4 Å². The molecule has 3 nitrogen and oxygen atoms in total. The van der Waals surface area contributed by atoms with E-state index in [1.165, 1.54) is 6.08 Å². The van der Waals surface area contributed by atoms with Crippen LogP contribution in [0.25, 0.3) is 6.08 Å². The van der Waals surface area contributed by atoms with Gasteiger partial charge in [-0.3, -0.25) is 0 Å². The molecule has 2 aromatic rings. The van der Waals surface area contributed by atoms with Crippen molar-refractivity contribution in [1.82, 2.24) is 0 Å². The number of ether oxygens (including phenoxy) is 1. The molecular weight excluding hydrogens is 375 g/mol. The Hall–Kier alpha value is -1.85. The minimum atomic E-state index is -1.27. The normalized spacial score (nSPS) is 11.8. The first-order chi connectivity index (χ1) is 10.5. The van der Waals surface area contributed by atoms with Gasteiger partial charge in [0, 0.05) is 17.2 Å². The summed E-state index contributed by atoms with van der Waals surface area (Å²) in [6.07, 6.45) is 0.140. The maximum Gasteiger partial charge on any atom is 0.349 e. The number of aliphatic carboxylic acids is 1. The number of benzene rings is 2. The second-order valence-corrected chi connectivity index (χ2v) is 5.52. The monoisotopic (exact) mass is 384 g/mol. The highest BCUT2D eigenvalue weighted by atomic mass is 79.9.